The minimum absolute atomic E-state index is 0.0392. The molecule has 0 radical (unpaired) electrons. The van der Waals surface area contributed by atoms with Gasteiger partial charge in [0.15, 0.2) is 11.5 Å². The van der Waals surface area contributed by atoms with Crippen LogP contribution in [0.3, 0.4) is 0 Å². The highest BCUT2D eigenvalue weighted by molar-refractivity contribution is 5.81. The number of carbonyl (C=O) groups excluding carboxylic acids is 1. The number of aromatic nitrogens is 4. The number of rotatable bonds is 4. The molecule has 20 heavy (non-hydrogen) atoms. The summed E-state index contributed by atoms with van der Waals surface area (Å²) in [5, 5.41) is 18.3. The van der Waals surface area contributed by atoms with Crippen molar-refractivity contribution in [3.8, 4) is 0 Å². The van der Waals surface area contributed by atoms with E-state index in [0.717, 1.165) is 11.6 Å². The lowest BCUT2D eigenvalue weighted by Crippen LogP contribution is -2.37. The number of nitrogens with one attached hydrogen (secondary N) is 2. The second kappa shape index (κ2) is 5.44. The fourth-order valence-electron chi connectivity index (χ4n) is 1.62. The maximum atomic E-state index is 11.7. The van der Waals surface area contributed by atoms with Crippen LogP contribution < -0.4 is 10.6 Å². The fraction of sp³-hybridized carbons (Fsp3) is 0.538. The molecule has 0 bridgehead atoms. The quantitative estimate of drug-likeness (QED) is 0.814. The zero-order valence-corrected chi connectivity index (χ0v) is 12.3. The molecule has 2 N–H and O–H groups in total. The number of anilines is 1. The molecule has 2 aromatic rings. The minimum Gasteiger partial charge on any atom is -0.367 e. The van der Waals surface area contributed by atoms with Crippen molar-refractivity contribution >= 4 is 17.4 Å². The summed E-state index contributed by atoms with van der Waals surface area (Å²) in [6.07, 6.45) is 0. The van der Waals surface area contributed by atoms with Crippen molar-refractivity contribution in [2.24, 2.45) is 5.41 Å². The number of hydrogen-bond acceptors (Lipinski definition) is 5. The maximum absolute atomic E-state index is 11.7. The summed E-state index contributed by atoms with van der Waals surface area (Å²) in [6, 6.07) is 3.69. The van der Waals surface area contributed by atoms with Crippen LogP contribution in [-0.2, 0) is 4.79 Å². The summed E-state index contributed by atoms with van der Waals surface area (Å²) < 4.78 is 1.68. The van der Waals surface area contributed by atoms with E-state index >= 15 is 0 Å². The number of amides is 1. The van der Waals surface area contributed by atoms with Crippen molar-refractivity contribution in [2.45, 2.75) is 27.7 Å². The SMILES string of the molecule is Cc1nnc2ccc(NCCNC(=O)C(C)(C)C)nn12. The zero-order valence-electron chi connectivity index (χ0n) is 12.3. The van der Waals surface area contributed by atoms with Gasteiger partial charge < -0.3 is 10.6 Å². The highest BCUT2D eigenvalue weighted by Gasteiger charge is 2.20. The van der Waals surface area contributed by atoms with Gasteiger partial charge in [-0.05, 0) is 19.1 Å². The Morgan fingerprint density at radius 3 is 2.70 bits per heavy atom. The Hall–Kier alpha value is -2.18. The van der Waals surface area contributed by atoms with E-state index in [1.807, 2.05) is 39.8 Å². The van der Waals surface area contributed by atoms with Crippen molar-refractivity contribution in [3.05, 3.63) is 18.0 Å². The summed E-state index contributed by atoms with van der Waals surface area (Å²) >= 11 is 0. The van der Waals surface area contributed by atoms with Gasteiger partial charge in [0.05, 0.1) is 0 Å². The lowest BCUT2D eigenvalue weighted by molar-refractivity contribution is -0.128. The average molecular weight is 276 g/mol. The van der Waals surface area contributed by atoms with E-state index in [9.17, 15) is 4.79 Å². The number of carbonyl (C=O) groups is 1. The van der Waals surface area contributed by atoms with Crippen LogP contribution in [0.15, 0.2) is 12.1 Å². The van der Waals surface area contributed by atoms with Gasteiger partial charge in [-0.1, -0.05) is 20.8 Å². The lowest BCUT2D eigenvalue weighted by atomic mass is 9.96. The Morgan fingerprint density at radius 2 is 2.00 bits per heavy atom. The Bertz CT molecular complexity index is 613. The molecule has 0 saturated heterocycles. The molecule has 0 saturated carbocycles. The predicted octanol–water partition coefficient (Wildman–Crippen LogP) is 1.01. The first-order valence-corrected chi connectivity index (χ1v) is 6.59. The van der Waals surface area contributed by atoms with Crippen molar-refractivity contribution in [3.63, 3.8) is 0 Å². The predicted molar refractivity (Wildman–Crippen MR) is 76.5 cm³/mol. The van der Waals surface area contributed by atoms with Gasteiger partial charge in [0, 0.05) is 18.5 Å². The molecule has 2 aromatic heterocycles. The highest BCUT2D eigenvalue weighted by atomic mass is 16.2. The third kappa shape index (κ3) is 3.23. The summed E-state index contributed by atoms with van der Waals surface area (Å²) in [4.78, 5) is 11.7. The first kappa shape index (κ1) is 14.2. The van der Waals surface area contributed by atoms with E-state index in [2.05, 4.69) is 25.9 Å². The van der Waals surface area contributed by atoms with Crippen LogP contribution in [0.25, 0.3) is 5.65 Å². The molecule has 0 spiro atoms. The van der Waals surface area contributed by atoms with Crippen LogP contribution in [0.2, 0.25) is 0 Å². The average Bonchev–Trinajstić information content (AvgIpc) is 2.75. The number of hydrogen-bond donors (Lipinski definition) is 2. The van der Waals surface area contributed by atoms with Crippen molar-refractivity contribution in [1.82, 2.24) is 25.1 Å². The fourth-order valence-corrected chi connectivity index (χ4v) is 1.62. The van der Waals surface area contributed by atoms with Gasteiger partial charge >= 0.3 is 0 Å². The Morgan fingerprint density at radius 1 is 1.25 bits per heavy atom. The largest absolute Gasteiger partial charge is 0.367 e. The molecule has 108 valence electrons. The molecule has 0 aliphatic heterocycles. The second-order valence-corrected chi connectivity index (χ2v) is 5.67. The van der Waals surface area contributed by atoms with Gasteiger partial charge in [0.2, 0.25) is 5.91 Å². The first-order valence-electron chi connectivity index (χ1n) is 6.59. The van der Waals surface area contributed by atoms with Gasteiger partial charge in [-0.3, -0.25) is 4.79 Å². The smallest absolute Gasteiger partial charge is 0.225 e. The molecule has 0 aliphatic rings. The summed E-state index contributed by atoms with van der Waals surface area (Å²) in [6.45, 7) is 8.68. The van der Waals surface area contributed by atoms with Crippen LogP contribution in [0.1, 0.15) is 26.6 Å². The molecule has 7 nitrogen and oxygen atoms in total. The Kier molecular flexibility index (Phi) is 3.87. The zero-order chi connectivity index (χ0) is 14.8. The monoisotopic (exact) mass is 276 g/mol. The summed E-state index contributed by atoms with van der Waals surface area (Å²) in [5.74, 6) is 1.51. The molecular formula is C13H20N6O. The van der Waals surface area contributed by atoms with Crippen molar-refractivity contribution in [2.75, 3.05) is 18.4 Å². The highest BCUT2D eigenvalue weighted by Crippen LogP contribution is 2.12. The third-order valence-corrected chi connectivity index (χ3v) is 2.82. The number of fused-ring (bicyclic) bond motifs is 1. The van der Waals surface area contributed by atoms with Gasteiger partial charge in [0.25, 0.3) is 0 Å². The summed E-state index contributed by atoms with van der Waals surface area (Å²) in [7, 11) is 0. The Labute approximate surface area is 117 Å². The van der Waals surface area contributed by atoms with E-state index in [1.54, 1.807) is 4.52 Å². The molecule has 0 atom stereocenters. The molecule has 0 aromatic carbocycles. The van der Waals surface area contributed by atoms with Gasteiger partial charge in [-0.15, -0.1) is 15.3 Å². The van der Waals surface area contributed by atoms with Gasteiger partial charge in [0.1, 0.15) is 5.82 Å². The van der Waals surface area contributed by atoms with E-state index in [4.69, 9.17) is 0 Å². The number of aryl methyl sites for hydroxylation is 1. The number of nitrogens with zero attached hydrogens (tertiary/aromatic N) is 4. The maximum Gasteiger partial charge on any atom is 0.225 e. The van der Waals surface area contributed by atoms with Crippen LogP contribution in [0.4, 0.5) is 5.82 Å². The van der Waals surface area contributed by atoms with Crippen molar-refractivity contribution < 1.29 is 4.79 Å². The van der Waals surface area contributed by atoms with Crippen LogP contribution in [0.5, 0.6) is 0 Å². The molecule has 0 fully saturated rings. The van der Waals surface area contributed by atoms with E-state index < -0.39 is 0 Å². The standard InChI is InChI=1S/C13H20N6O/c1-9-16-17-11-6-5-10(18-19(9)11)14-7-8-15-12(20)13(2,3)4/h5-6H,7-8H2,1-4H3,(H,14,18)(H,15,20). The minimum atomic E-state index is -0.364. The van der Waals surface area contributed by atoms with Crippen LogP contribution in [-0.4, -0.2) is 38.8 Å². The first-order chi connectivity index (χ1) is 9.38. The van der Waals surface area contributed by atoms with Gasteiger partial charge in [-0.25, -0.2) is 0 Å². The lowest BCUT2D eigenvalue weighted by Gasteiger charge is -2.17. The second-order valence-electron chi connectivity index (χ2n) is 5.67. The van der Waals surface area contributed by atoms with Gasteiger partial charge in [-0.2, -0.15) is 4.52 Å². The Balaban J connectivity index is 1.87. The molecule has 1 amide bonds. The van der Waals surface area contributed by atoms with Crippen LogP contribution >= 0.6 is 0 Å². The van der Waals surface area contributed by atoms with E-state index in [0.29, 0.717) is 18.7 Å². The third-order valence-electron chi connectivity index (χ3n) is 2.82. The van der Waals surface area contributed by atoms with Crippen LogP contribution in [0, 0.1) is 12.3 Å². The molecule has 2 heterocycles. The van der Waals surface area contributed by atoms with Crippen molar-refractivity contribution in [1.29, 1.82) is 0 Å². The summed E-state index contributed by atoms with van der Waals surface area (Å²) in [5.41, 5.74) is 0.352. The molecular weight excluding hydrogens is 256 g/mol. The molecule has 7 heteroatoms. The molecule has 0 aliphatic carbocycles. The normalized spacial score (nSPS) is 11.6. The van der Waals surface area contributed by atoms with E-state index in [1.165, 1.54) is 0 Å². The molecule has 0 unspecified atom stereocenters. The van der Waals surface area contributed by atoms with E-state index in [-0.39, 0.29) is 11.3 Å². The topological polar surface area (TPSA) is 84.2 Å². The molecule has 2 rings (SSSR count).